The van der Waals surface area contributed by atoms with Crippen LogP contribution in [0.2, 0.25) is 0 Å². The molecular weight excluding hydrogens is 360 g/mol. The fourth-order valence-corrected chi connectivity index (χ4v) is 3.63. The van der Waals surface area contributed by atoms with Gasteiger partial charge in [-0.25, -0.2) is 4.98 Å². The largest absolute Gasteiger partial charge is 0.354 e. The Balaban J connectivity index is 2.01. The lowest BCUT2D eigenvalue weighted by atomic mass is 10.0. The van der Waals surface area contributed by atoms with Gasteiger partial charge in [-0.3, -0.25) is 0 Å². The van der Waals surface area contributed by atoms with Crippen LogP contribution in [0.4, 0.5) is 0 Å². The Bertz CT molecular complexity index is 1200. The topological polar surface area (TPSA) is 28.7 Å². The molecule has 114 valence electrons. The smallest absolute Gasteiger partial charge is 0.0809 e. The van der Waals surface area contributed by atoms with Crippen LogP contribution in [0.25, 0.3) is 44.0 Å². The van der Waals surface area contributed by atoms with Crippen molar-refractivity contribution >= 4 is 48.6 Å². The van der Waals surface area contributed by atoms with E-state index >= 15 is 0 Å². The summed E-state index contributed by atoms with van der Waals surface area (Å²) >= 11 is 3.51. The zero-order valence-electron chi connectivity index (χ0n) is 12.8. The average Bonchev–Trinajstić information content (AvgIpc) is 3.02. The molecule has 0 atom stereocenters. The molecule has 2 aromatic heterocycles. The quantitative estimate of drug-likeness (QED) is 0.367. The van der Waals surface area contributed by atoms with Gasteiger partial charge in [0.1, 0.15) is 0 Å². The van der Waals surface area contributed by atoms with E-state index < -0.39 is 0 Å². The molecule has 3 aromatic carbocycles. The lowest BCUT2D eigenvalue weighted by Crippen LogP contribution is -1.88. The lowest BCUT2D eigenvalue weighted by molar-refractivity contribution is 1.42. The molecule has 0 aliphatic heterocycles. The summed E-state index contributed by atoms with van der Waals surface area (Å²) in [7, 11) is 0. The van der Waals surface area contributed by atoms with Crippen molar-refractivity contribution in [2.45, 2.75) is 0 Å². The first kappa shape index (κ1) is 13.8. The number of nitrogens with one attached hydrogen (secondary N) is 1. The Morgan fingerprint density at radius 1 is 0.750 bits per heavy atom. The molecule has 0 fully saturated rings. The van der Waals surface area contributed by atoms with Crippen molar-refractivity contribution in [3.8, 4) is 11.3 Å². The number of benzene rings is 3. The third-order valence-corrected chi connectivity index (χ3v) is 4.99. The first-order chi connectivity index (χ1) is 11.8. The van der Waals surface area contributed by atoms with E-state index in [1.54, 1.807) is 0 Å². The molecule has 5 aromatic rings. The second-order valence-electron chi connectivity index (χ2n) is 5.91. The third kappa shape index (κ3) is 1.98. The Morgan fingerprint density at radius 2 is 1.46 bits per heavy atom. The molecule has 0 saturated heterocycles. The number of fused-ring (bicyclic) bond motifs is 5. The number of hydrogen-bond donors (Lipinski definition) is 1. The number of H-pyrrole nitrogens is 1. The van der Waals surface area contributed by atoms with Crippen LogP contribution in [0.15, 0.2) is 77.3 Å². The monoisotopic (exact) mass is 372 g/mol. The summed E-state index contributed by atoms with van der Waals surface area (Å²) in [6.07, 6.45) is 0. The minimum atomic E-state index is 1.01. The second kappa shape index (κ2) is 5.18. The summed E-state index contributed by atoms with van der Waals surface area (Å²) in [5.74, 6) is 0. The van der Waals surface area contributed by atoms with Crippen molar-refractivity contribution in [2.75, 3.05) is 0 Å². The molecule has 3 heteroatoms. The van der Waals surface area contributed by atoms with Gasteiger partial charge in [0.05, 0.1) is 16.7 Å². The van der Waals surface area contributed by atoms with Crippen LogP contribution in [-0.2, 0) is 0 Å². The number of para-hydroxylation sites is 2. The highest BCUT2D eigenvalue weighted by atomic mass is 79.9. The van der Waals surface area contributed by atoms with Crippen LogP contribution in [0.3, 0.4) is 0 Å². The molecule has 1 N–H and O–H groups in total. The molecule has 0 aliphatic carbocycles. The molecule has 0 aliphatic rings. The van der Waals surface area contributed by atoms with E-state index in [4.69, 9.17) is 4.98 Å². The first-order valence-electron chi connectivity index (χ1n) is 7.86. The highest BCUT2D eigenvalue weighted by Gasteiger charge is 2.15. The van der Waals surface area contributed by atoms with Gasteiger partial charge in [0.25, 0.3) is 0 Å². The molecule has 0 unspecified atom stereocenters. The number of hydrogen-bond acceptors (Lipinski definition) is 1. The van der Waals surface area contributed by atoms with Gasteiger partial charge in [0.2, 0.25) is 0 Å². The standard InChI is InChI=1S/C21H13BrN2/c22-14-11-9-13(10-12-14)20-19-15-5-1-3-7-17(15)24-21(19)16-6-2-4-8-18(16)23-20/h1-12,24H. The maximum Gasteiger partial charge on any atom is 0.0809 e. The summed E-state index contributed by atoms with van der Waals surface area (Å²) in [5.41, 5.74) is 5.45. The van der Waals surface area contributed by atoms with E-state index in [1.165, 1.54) is 10.8 Å². The zero-order chi connectivity index (χ0) is 16.1. The van der Waals surface area contributed by atoms with E-state index in [1.807, 2.05) is 6.07 Å². The van der Waals surface area contributed by atoms with E-state index in [9.17, 15) is 0 Å². The first-order valence-corrected chi connectivity index (χ1v) is 8.66. The summed E-state index contributed by atoms with van der Waals surface area (Å²) in [4.78, 5) is 8.58. The third-order valence-electron chi connectivity index (χ3n) is 4.47. The zero-order valence-corrected chi connectivity index (χ0v) is 14.3. The van der Waals surface area contributed by atoms with Crippen molar-refractivity contribution < 1.29 is 0 Å². The van der Waals surface area contributed by atoms with Gasteiger partial charge in [-0.2, -0.15) is 0 Å². The molecule has 0 spiro atoms. The van der Waals surface area contributed by atoms with Crippen LogP contribution >= 0.6 is 15.9 Å². The molecule has 0 bridgehead atoms. The molecule has 0 amide bonds. The molecule has 0 saturated carbocycles. The van der Waals surface area contributed by atoms with E-state index in [-0.39, 0.29) is 0 Å². The van der Waals surface area contributed by atoms with Gasteiger partial charge >= 0.3 is 0 Å². The Hall–Kier alpha value is -2.65. The fourth-order valence-electron chi connectivity index (χ4n) is 3.37. The van der Waals surface area contributed by atoms with Gasteiger partial charge in [0.15, 0.2) is 0 Å². The highest BCUT2D eigenvalue weighted by molar-refractivity contribution is 9.10. The summed E-state index contributed by atoms with van der Waals surface area (Å²) in [6, 6.07) is 25.1. The van der Waals surface area contributed by atoms with Crippen molar-refractivity contribution in [3.63, 3.8) is 0 Å². The summed E-state index contributed by atoms with van der Waals surface area (Å²) in [6.45, 7) is 0. The SMILES string of the molecule is Brc1ccc(-c2nc3ccccc3c3[nH]c4ccccc4c23)cc1. The number of rotatable bonds is 1. The van der Waals surface area contributed by atoms with Gasteiger partial charge in [0, 0.05) is 31.7 Å². The Labute approximate surface area is 147 Å². The number of aromatic nitrogens is 2. The Morgan fingerprint density at radius 3 is 2.29 bits per heavy atom. The van der Waals surface area contributed by atoms with Crippen molar-refractivity contribution in [1.29, 1.82) is 0 Å². The molecule has 5 rings (SSSR count). The maximum atomic E-state index is 4.99. The van der Waals surface area contributed by atoms with Gasteiger partial charge < -0.3 is 4.98 Å². The molecule has 24 heavy (non-hydrogen) atoms. The number of pyridine rings is 1. The van der Waals surface area contributed by atoms with Crippen LogP contribution < -0.4 is 0 Å². The maximum absolute atomic E-state index is 4.99. The highest BCUT2D eigenvalue weighted by Crippen LogP contribution is 2.37. The van der Waals surface area contributed by atoms with Gasteiger partial charge in [-0.15, -0.1) is 0 Å². The summed E-state index contributed by atoms with van der Waals surface area (Å²) < 4.78 is 1.07. The van der Waals surface area contributed by atoms with E-state index in [0.717, 1.165) is 37.7 Å². The van der Waals surface area contributed by atoms with Crippen LogP contribution in [-0.4, -0.2) is 9.97 Å². The average molecular weight is 373 g/mol. The number of nitrogens with zero attached hydrogens (tertiary/aromatic N) is 1. The normalized spacial score (nSPS) is 11.5. The molecule has 2 nitrogen and oxygen atoms in total. The molecular formula is C21H13BrN2. The molecule has 0 radical (unpaired) electrons. The second-order valence-corrected chi connectivity index (χ2v) is 6.82. The summed E-state index contributed by atoms with van der Waals surface area (Å²) in [5, 5.41) is 3.56. The lowest BCUT2D eigenvalue weighted by Gasteiger charge is -2.07. The van der Waals surface area contributed by atoms with Crippen molar-refractivity contribution in [1.82, 2.24) is 9.97 Å². The van der Waals surface area contributed by atoms with Crippen LogP contribution in [0, 0.1) is 0 Å². The van der Waals surface area contributed by atoms with Gasteiger partial charge in [-0.1, -0.05) is 64.5 Å². The van der Waals surface area contributed by atoms with E-state index in [2.05, 4.69) is 87.6 Å². The van der Waals surface area contributed by atoms with E-state index in [0.29, 0.717) is 0 Å². The minimum Gasteiger partial charge on any atom is -0.354 e. The van der Waals surface area contributed by atoms with Crippen molar-refractivity contribution in [3.05, 3.63) is 77.3 Å². The van der Waals surface area contributed by atoms with Crippen LogP contribution in [0.5, 0.6) is 0 Å². The minimum absolute atomic E-state index is 1.01. The van der Waals surface area contributed by atoms with Crippen LogP contribution in [0.1, 0.15) is 0 Å². The van der Waals surface area contributed by atoms with Crippen molar-refractivity contribution in [2.24, 2.45) is 0 Å². The Kier molecular flexibility index (Phi) is 2.97. The molecule has 2 heterocycles. The number of aromatic amines is 1. The number of halogens is 1. The predicted molar refractivity (Wildman–Crippen MR) is 104 cm³/mol. The predicted octanol–water partition coefficient (Wildman–Crippen LogP) is 6.30. The van der Waals surface area contributed by atoms with Gasteiger partial charge in [-0.05, 0) is 24.3 Å². The fraction of sp³-hybridized carbons (Fsp3) is 0.